The first kappa shape index (κ1) is 14.3. The molecule has 102 valence electrons. The lowest BCUT2D eigenvalue weighted by Crippen LogP contribution is -2.44. The number of hydrogen-bond donors (Lipinski definition) is 1. The van der Waals surface area contributed by atoms with Gasteiger partial charge in [-0.05, 0) is 41.1 Å². The molecule has 0 aliphatic carbocycles. The summed E-state index contributed by atoms with van der Waals surface area (Å²) in [6.07, 6.45) is 0. The van der Waals surface area contributed by atoms with Gasteiger partial charge in [0.2, 0.25) is 0 Å². The van der Waals surface area contributed by atoms with Crippen LogP contribution in [-0.4, -0.2) is 39.1 Å². The van der Waals surface area contributed by atoms with Crippen LogP contribution in [-0.2, 0) is 4.79 Å². The van der Waals surface area contributed by atoms with Crippen molar-refractivity contribution in [1.82, 2.24) is 4.90 Å². The number of carboxylic acids is 1. The van der Waals surface area contributed by atoms with Crippen LogP contribution in [0.4, 0.5) is 4.39 Å². The van der Waals surface area contributed by atoms with E-state index in [2.05, 4.69) is 15.9 Å². The smallest absolute Gasteiger partial charge is 0.327 e. The Bertz CT molecular complexity index is 540. The molecule has 1 saturated heterocycles. The van der Waals surface area contributed by atoms with E-state index in [4.69, 9.17) is 5.11 Å². The number of amides is 1. The Hall–Kier alpha value is -1.08. The van der Waals surface area contributed by atoms with Crippen LogP contribution < -0.4 is 0 Å². The van der Waals surface area contributed by atoms with E-state index in [0.29, 0.717) is 5.75 Å². The minimum absolute atomic E-state index is 0.185. The summed E-state index contributed by atoms with van der Waals surface area (Å²) < 4.78 is 13.3. The number of nitrogens with zero attached hydrogens (tertiary/aromatic N) is 1. The summed E-state index contributed by atoms with van der Waals surface area (Å²) in [6.45, 7) is 1.78. The van der Waals surface area contributed by atoms with Crippen LogP contribution in [0, 0.1) is 5.82 Å². The molecule has 0 saturated carbocycles. The van der Waals surface area contributed by atoms with Gasteiger partial charge >= 0.3 is 5.97 Å². The van der Waals surface area contributed by atoms with Gasteiger partial charge in [-0.1, -0.05) is 0 Å². The fraction of sp³-hybridized carbons (Fsp3) is 0.333. The Labute approximate surface area is 122 Å². The molecule has 1 aromatic rings. The van der Waals surface area contributed by atoms with Gasteiger partial charge in [0.1, 0.15) is 11.9 Å². The van der Waals surface area contributed by atoms with Crippen LogP contribution >= 0.6 is 27.7 Å². The van der Waals surface area contributed by atoms with Crippen LogP contribution in [0.15, 0.2) is 22.7 Å². The molecule has 7 heteroatoms. The van der Waals surface area contributed by atoms with Crippen molar-refractivity contribution in [3.8, 4) is 0 Å². The van der Waals surface area contributed by atoms with E-state index in [1.165, 1.54) is 34.9 Å². The fourth-order valence-corrected chi connectivity index (χ4v) is 3.47. The van der Waals surface area contributed by atoms with Crippen molar-refractivity contribution < 1.29 is 19.1 Å². The van der Waals surface area contributed by atoms with Gasteiger partial charge in [0.15, 0.2) is 0 Å². The van der Waals surface area contributed by atoms with Crippen LogP contribution in [0.1, 0.15) is 17.3 Å². The predicted octanol–water partition coefficient (Wildman–Crippen LogP) is 2.58. The first-order valence-electron chi connectivity index (χ1n) is 5.54. The number of carbonyl (C=O) groups excluding carboxylic acids is 1. The molecule has 1 N–H and O–H groups in total. The molecule has 1 amide bonds. The van der Waals surface area contributed by atoms with E-state index in [1.54, 1.807) is 6.92 Å². The van der Waals surface area contributed by atoms with Crippen molar-refractivity contribution in [2.24, 2.45) is 0 Å². The standard InChI is InChI=1S/C12H11BrFNO3S/c1-6-15(10(5-19-6)12(17)18)11(16)7-2-3-9(14)8(13)4-7/h2-4,6,10H,5H2,1H3,(H,17,18). The third kappa shape index (κ3) is 2.76. The zero-order valence-corrected chi connectivity index (χ0v) is 12.4. The SMILES string of the molecule is CC1SCC(C(=O)O)N1C(=O)c1ccc(F)c(Br)c1. The maximum absolute atomic E-state index is 13.2. The maximum atomic E-state index is 13.2. The minimum atomic E-state index is -1.02. The summed E-state index contributed by atoms with van der Waals surface area (Å²) in [4.78, 5) is 24.8. The van der Waals surface area contributed by atoms with E-state index in [1.807, 2.05) is 0 Å². The number of carbonyl (C=O) groups is 2. The molecule has 1 aromatic carbocycles. The molecule has 0 aromatic heterocycles. The molecule has 0 spiro atoms. The van der Waals surface area contributed by atoms with Crippen molar-refractivity contribution in [2.75, 3.05) is 5.75 Å². The second-order valence-corrected chi connectivity index (χ2v) is 6.33. The number of carboxylic acid groups (broad SMARTS) is 1. The van der Waals surface area contributed by atoms with Gasteiger partial charge in [0, 0.05) is 11.3 Å². The number of hydrogen-bond acceptors (Lipinski definition) is 3. The Morgan fingerprint density at radius 3 is 2.79 bits per heavy atom. The van der Waals surface area contributed by atoms with E-state index in [0.717, 1.165) is 0 Å². The molecular weight excluding hydrogens is 337 g/mol. The summed E-state index contributed by atoms with van der Waals surface area (Å²) in [7, 11) is 0. The normalized spacial score (nSPS) is 22.6. The highest BCUT2D eigenvalue weighted by molar-refractivity contribution is 9.10. The highest BCUT2D eigenvalue weighted by Crippen LogP contribution is 2.31. The van der Waals surface area contributed by atoms with Crippen molar-refractivity contribution in [2.45, 2.75) is 18.3 Å². The molecule has 2 unspecified atom stereocenters. The first-order valence-corrected chi connectivity index (χ1v) is 7.38. The van der Waals surface area contributed by atoms with Crippen molar-refractivity contribution >= 4 is 39.6 Å². The lowest BCUT2D eigenvalue weighted by molar-refractivity contribution is -0.141. The summed E-state index contributed by atoms with van der Waals surface area (Å²) in [6, 6.07) is 3.07. The third-order valence-electron chi connectivity index (χ3n) is 2.91. The second kappa shape index (κ2) is 5.50. The molecule has 4 nitrogen and oxygen atoms in total. The topological polar surface area (TPSA) is 57.6 Å². The number of thioether (sulfide) groups is 1. The monoisotopic (exact) mass is 347 g/mol. The van der Waals surface area contributed by atoms with Crippen molar-refractivity contribution in [1.29, 1.82) is 0 Å². The van der Waals surface area contributed by atoms with Gasteiger partial charge in [-0.15, -0.1) is 11.8 Å². The van der Waals surface area contributed by atoms with Crippen LogP contribution in [0.3, 0.4) is 0 Å². The number of halogens is 2. The van der Waals surface area contributed by atoms with Gasteiger partial charge in [-0.3, -0.25) is 4.79 Å². The summed E-state index contributed by atoms with van der Waals surface area (Å²) in [5.74, 6) is -1.52. The minimum Gasteiger partial charge on any atom is -0.480 e. The van der Waals surface area contributed by atoms with E-state index >= 15 is 0 Å². The van der Waals surface area contributed by atoms with Gasteiger partial charge in [0.25, 0.3) is 5.91 Å². The largest absolute Gasteiger partial charge is 0.480 e. The predicted molar refractivity (Wildman–Crippen MR) is 73.6 cm³/mol. The Kier molecular flexibility index (Phi) is 4.15. The molecule has 0 radical (unpaired) electrons. The Balaban J connectivity index is 2.31. The van der Waals surface area contributed by atoms with E-state index in [-0.39, 0.29) is 15.4 Å². The van der Waals surface area contributed by atoms with Crippen molar-refractivity contribution in [3.05, 3.63) is 34.1 Å². The molecule has 1 aliphatic rings. The Morgan fingerprint density at radius 2 is 2.21 bits per heavy atom. The van der Waals surface area contributed by atoms with Crippen molar-refractivity contribution in [3.63, 3.8) is 0 Å². The van der Waals surface area contributed by atoms with Crippen LogP contribution in [0.5, 0.6) is 0 Å². The van der Waals surface area contributed by atoms with Gasteiger partial charge in [0.05, 0.1) is 9.85 Å². The average Bonchev–Trinajstić information content (AvgIpc) is 2.74. The average molecular weight is 348 g/mol. The lowest BCUT2D eigenvalue weighted by Gasteiger charge is -2.25. The molecule has 1 heterocycles. The number of rotatable bonds is 2. The summed E-state index contributed by atoms with van der Waals surface area (Å²) in [5, 5.41) is 8.91. The van der Waals surface area contributed by atoms with Gasteiger partial charge < -0.3 is 10.0 Å². The molecular formula is C12H11BrFNO3S. The number of benzene rings is 1. The highest BCUT2D eigenvalue weighted by atomic mass is 79.9. The zero-order valence-electron chi connectivity index (χ0n) is 9.97. The van der Waals surface area contributed by atoms with Crippen LogP contribution in [0.25, 0.3) is 0 Å². The molecule has 1 aliphatic heterocycles. The molecule has 2 rings (SSSR count). The van der Waals surface area contributed by atoms with Gasteiger partial charge in [-0.2, -0.15) is 0 Å². The maximum Gasteiger partial charge on any atom is 0.327 e. The second-order valence-electron chi connectivity index (χ2n) is 4.13. The molecule has 19 heavy (non-hydrogen) atoms. The third-order valence-corrected chi connectivity index (χ3v) is 4.73. The highest BCUT2D eigenvalue weighted by Gasteiger charge is 2.39. The summed E-state index contributed by atoms with van der Waals surface area (Å²) in [5.41, 5.74) is 0.272. The lowest BCUT2D eigenvalue weighted by atomic mass is 10.1. The molecule has 0 bridgehead atoms. The van der Waals surface area contributed by atoms with E-state index < -0.39 is 23.7 Å². The number of aliphatic carboxylic acids is 1. The van der Waals surface area contributed by atoms with Gasteiger partial charge in [-0.25, -0.2) is 9.18 Å². The summed E-state index contributed by atoms with van der Waals surface area (Å²) >= 11 is 4.43. The zero-order chi connectivity index (χ0) is 14.2. The quantitative estimate of drug-likeness (QED) is 0.893. The first-order chi connectivity index (χ1) is 8.91. The Morgan fingerprint density at radius 1 is 1.53 bits per heavy atom. The molecule has 2 atom stereocenters. The van der Waals surface area contributed by atoms with Crippen LogP contribution in [0.2, 0.25) is 0 Å². The van der Waals surface area contributed by atoms with E-state index in [9.17, 15) is 14.0 Å². The molecule has 1 fully saturated rings. The fourth-order valence-electron chi connectivity index (χ4n) is 1.92.